The van der Waals surface area contributed by atoms with Gasteiger partial charge < -0.3 is 5.32 Å². The van der Waals surface area contributed by atoms with E-state index >= 15 is 0 Å². The van der Waals surface area contributed by atoms with Crippen molar-refractivity contribution in [3.63, 3.8) is 0 Å². The number of hydrogen-bond donors (Lipinski definition) is 1. The quantitative estimate of drug-likeness (QED) is 0.761. The lowest BCUT2D eigenvalue weighted by Crippen LogP contribution is -2.11. The van der Waals surface area contributed by atoms with Gasteiger partial charge in [0.15, 0.2) is 5.65 Å². The van der Waals surface area contributed by atoms with Crippen LogP contribution in [-0.2, 0) is 0 Å². The molecule has 5 heteroatoms. The summed E-state index contributed by atoms with van der Waals surface area (Å²) in [7, 11) is 0. The van der Waals surface area contributed by atoms with Crippen LogP contribution in [0.5, 0.6) is 0 Å². The number of rotatable bonds is 5. The smallest absolute Gasteiger partial charge is 0.164 e. The first-order chi connectivity index (χ1) is 10.3. The molecule has 1 atom stereocenters. The number of nitrogens with zero attached hydrogens (tertiary/aromatic N) is 3. The van der Waals surface area contributed by atoms with Crippen molar-refractivity contribution in [3.05, 3.63) is 46.5 Å². The molecular weight excluding hydrogens is 280 g/mol. The third kappa shape index (κ3) is 3.03. The minimum Gasteiger partial charge on any atom is -0.362 e. The van der Waals surface area contributed by atoms with E-state index in [0.717, 1.165) is 35.5 Å². The summed E-state index contributed by atoms with van der Waals surface area (Å²) in [6.45, 7) is 4.10. The van der Waals surface area contributed by atoms with Gasteiger partial charge in [0.25, 0.3) is 0 Å². The van der Waals surface area contributed by atoms with Gasteiger partial charge in [-0.1, -0.05) is 19.4 Å². The number of aryl methyl sites for hydroxylation is 1. The molecule has 4 nitrogen and oxygen atoms in total. The van der Waals surface area contributed by atoms with E-state index in [2.05, 4.69) is 44.7 Å². The van der Waals surface area contributed by atoms with Gasteiger partial charge in [-0.2, -0.15) is 0 Å². The van der Waals surface area contributed by atoms with Gasteiger partial charge in [0.2, 0.25) is 0 Å². The highest BCUT2D eigenvalue weighted by atomic mass is 32.1. The average Bonchev–Trinajstić information content (AvgIpc) is 3.00. The fraction of sp³-hybridized carbons (Fsp3) is 0.312. The third-order valence-electron chi connectivity index (χ3n) is 3.36. The Morgan fingerprint density at radius 1 is 1.24 bits per heavy atom. The van der Waals surface area contributed by atoms with Crippen LogP contribution in [0.25, 0.3) is 11.0 Å². The molecule has 0 spiro atoms. The van der Waals surface area contributed by atoms with Crippen molar-refractivity contribution in [3.8, 4) is 0 Å². The molecule has 108 valence electrons. The predicted octanol–water partition coefficient (Wildman–Crippen LogP) is 4.35. The van der Waals surface area contributed by atoms with Gasteiger partial charge in [-0.25, -0.2) is 15.0 Å². The van der Waals surface area contributed by atoms with Crippen LogP contribution in [0, 0.1) is 6.92 Å². The van der Waals surface area contributed by atoms with Crippen molar-refractivity contribution in [2.24, 2.45) is 0 Å². The zero-order valence-electron chi connectivity index (χ0n) is 12.2. The molecule has 0 saturated heterocycles. The van der Waals surface area contributed by atoms with Gasteiger partial charge >= 0.3 is 0 Å². The second kappa shape index (κ2) is 6.18. The second-order valence-corrected chi connectivity index (χ2v) is 5.97. The molecule has 0 amide bonds. The van der Waals surface area contributed by atoms with Crippen LogP contribution in [0.3, 0.4) is 0 Å². The SMILES string of the molecule is CCC[C@H](Nc1nc(C)nc2ncccc12)c1cccs1. The highest BCUT2D eigenvalue weighted by molar-refractivity contribution is 7.10. The van der Waals surface area contributed by atoms with E-state index in [-0.39, 0.29) is 6.04 Å². The molecule has 0 aliphatic heterocycles. The minimum absolute atomic E-state index is 0.285. The van der Waals surface area contributed by atoms with Gasteiger partial charge in [-0.05, 0) is 36.9 Å². The third-order valence-corrected chi connectivity index (χ3v) is 4.34. The molecule has 3 rings (SSSR count). The van der Waals surface area contributed by atoms with Crippen LogP contribution >= 0.6 is 11.3 Å². The molecule has 0 bridgehead atoms. The predicted molar refractivity (Wildman–Crippen MR) is 87.7 cm³/mol. The normalized spacial score (nSPS) is 12.5. The summed E-state index contributed by atoms with van der Waals surface area (Å²) in [5.41, 5.74) is 0.744. The van der Waals surface area contributed by atoms with Crippen LogP contribution in [0.1, 0.15) is 36.5 Å². The Kier molecular flexibility index (Phi) is 4.10. The Bertz CT molecular complexity index is 724. The van der Waals surface area contributed by atoms with Crippen LogP contribution < -0.4 is 5.32 Å². The zero-order valence-corrected chi connectivity index (χ0v) is 13.0. The van der Waals surface area contributed by atoms with Crippen molar-refractivity contribution in [1.29, 1.82) is 0 Å². The Labute approximate surface area is 128 Å². The molecule has 3 aromatic rings. The molecule has 21 heavy (non-hydrogen) atoms. The molecule has 0 radical (unpaired) electrons. The lowest BCUT2D eigenvalue weighted by atomic mass is 10.1. The van der Waals surface area contributed by atoms with E-state index in [1.807, 2.05) is 19.1 Å². The van der Waals surface area contributed by atoms with Crippen molar-refractivity contribution in [1.82, 2.24) is 15.0 Å². The summed E-state index contributed by atoms with van der Waals surface area (Å²) in [6.07, 6.45) is 3.96. The van der Waals surface area contributed by atoms with Crippen LogP contribution in [-0.4, -0.2) is 15.0 Å². The maximum absolute atomic E-state index is 4.58. The summed E-state index contributed by atoms with van der Waals surface area (Å²) >= 11 is 1.78. The summed E-state index contributed by atoms with van der Waals surface area (Å²) in [4.78, 5) is 14.6. The first-order valence-electron chi connectivity index (χ1n) is 7.17. The Morgan fingerprint density at radius 2 is 2.14 bits per heavy atom. The highest BCUT2D eigenvalue weighted by Gasteiger charge is 2.15. The summed E-state index contributed by atoms with van der Waals surface area (Å²) in [6, 6.07) is 8.49. The van der Waals surface area contributed by atoms with Gasteiger partial charge in [0.05, 0.1) is 11.4 Å². The molecule has 0 aromatic carbocycles. The molecule has 1 N–H and O–H groups in total. The van der Waals surface area contributed by atoms with Gasteiger partial charge in [-0.15, -0.1) is 11.3 Å². The standard InChI is InChI=1S/C16H18N4S/c1-3-6-13(14-8-5-10-21-14)20-16-12-7-4-9-17-15(12)18-11(2)19-16/h4-5,7-10,13H,3,6H2,1-2H3,(H,17,18,19,20)/t13-/m0/s1. The fourth-order valence-corrected chi connectivity index (χ4v) is 3.22. The van der Waals surface area contributed by atoms with Crippen molar-refractivity contribution < 1.29 is 0 Å². The topological polar surface area (TPSA) is 50.7 Å². The Hall–Kier alpha value is -2.01. The Morgan fingerprint density at radius 3 is 2.90 bits per heavy atom. The summed E-state index contributed by atoms with van der Waals surface area (Å²) < 4.78 is 0. The number of fused-ring (bicyclic) bond motifs is 1. The van der Waals surface area contributed by atoms with E-state index in [4.69, 9.17) is 0 Å². The van der Waals surface area contributed by atoms with Crippen molar-refractivity contribution >= 4 is 28.2 Å². The summed E-state index contributed by atoms with van der Waals surface area (Å²) in [5, 5.41) is 6.67. The van der Waals surface area contributed by atoms with Gasteiger partial charge in [0, 0.05) is 11.1 Å². The van der Waals surface area contributed by atoms with Crippen LogP contribution in [0.2, 0.25) is 0 Å². The molecular formula is C16H18N4S. The molecule has 3 heterocycles. The maximum atomic E-state index is 4.58. The van der Waals surface area contributed by atoms with E-state index in [1.54, 1.807) is 17.5 Å². The number of hydrogen-bond acceptors (Lipinski definition) is 5. The number of pyridine rings is 1. The van der Waals surface area contributed by atoms with E-state index < -0.39 is 0 Å². The van der Waals surface area contributed by atoms with Crippen molar-refractivity contribution in [2.45, 2.75) is 32.7 Å². The largest absolute Gasteiger partial charge is 0.362 e. The van der Waals surface area contributed by atoms with Crippen LogP contribution in [0.15, 0.2) is 35.8 Å². The van der Waals surface area contributed by atoms with Gasteiger partial charge in [-0.3, -0.25) is 0 Å². The van der Waals surface area contributed by atoms with Gasteiger partial charge in [0.1, 0.15) is 11.6 Å². The molecule has 0 aliphatic rings. The highest BCUT2D eigenvalue weighted by Crippen LogP contribution is 2.29. The second-order valence-electron chi connectivity index (χ2n) is 5.00. The molecule has 0 unspecified atom stereocenters. The first kappa shape index (κ1) is 13.9. The number of aromatic nitrogens is 3. The average molecular weight is 298 g/mol. The zero-order chi connectivity index (χ0) is 14.7. The number of anilines is 1. The lowest BCUT2D eigenvalue weighted by molar-refractivity contribution is 0.685. The van der Waals surface area contributed by atoms with Crippen LogP contribution in [0.4, 0.5) is 5.82 Å². The van der Waals surface area contributed by atoms with Crippen molar-refractivity contribution in [2.75, 3.05) is 5.32 Å². The molecule has 0 fully saturated rings. The first-order valence-corrected chi connectivity index (χ1v) is 8.05. The number of nitrogens with one attached hydrogen (secondary N) is 1. The van der Waals surface area contributed by atoms with E-state index in [9.17, 15) is 0 Å². The number of thiophene rings is 1. The lowest BCUT2D eigenvalue weighted by Gasteiger charge is -2.18. The molecule has 0 saturated carbocycles. The molecule has 3 aromatic heterocycles. The van der Waals surface area contributed by atoms with E-state index in [0.29, 0.717) is 0 Å². The van der Waals surface area contributed by atoms with E-state index in [1.165, 1.54) is 4.88 Å². The monoisotopic (exact) mass is 298 g/mol. The Balaban J connectivity index is 1.99. The summed E-state index contributed by atoms with van der Waals surface area (Å²) in [5.74, 6) is 1.61. The maximum Gasteiger partial charge on any atom is 0.164 e. The fourth-order valence-electron chi connectivity index (χ4n) is 2.41. The minimum atomic E-state index is 0.285. The molecule has 0 aliphatic carbocycles.